The zero-order valence-corrected chi connectivity index (χ0v) is 8.70. The van der Waals surface area contributed by atoms with Gasteiger partial charge in [0.1, 0.15) is 23.4 Å². The number of para-hydroxylation sites is 1. The van der Waals surface area contributed by atoms with Gasteiger partial charge in [0, 0.05) is 5.38 Å². The molecule has 1 aromatic carbocycles. The monoisotopic (exact) mass is 216 g/mol. The van der Waals surface area contributed by atoms with Crippen LogP contribution in [0.5, 0.6) is 5.75 Å². The summed E-state index contributed by atoms with van der Waals surface area (Å²) in [5.41, 5.74) is 0.451. The van der Waals surface area contributed by atoms with E-state index in [-0.39, 0.29) is 0 Å². The Morgan fingerprint density at radius 3 is 2.80 bits per heavy atom. The van der Waals surface area contributed by atoms with E-state index in [2.05, 4.69) is 4.98 Å². The minimum atomic E-state index is 0.413. The Labute approximate surface area is 91.6 Å². The van der Waals surface area contributed by atoms with Crippen LogP contribution < -0.4 is 4.74 Å². The maximum absolute atomic E-state index is 8.59. The van der Waals surface area contributed by atoms with Crippen molar-refractivity contribution in [1.82, 2.24) is 4.98 Å². The van der Waals surface area contributed by atoms with Gasteiger partial charge in [-0.05, 0) is 12.1 Å². The largest absolute Gasteiger partial charge is 0.486 e. The lowest BCUT2D eigenvalue weighted by atomic mass is 10.3. The van der Waals surface area contributed by atoms with E-state index in [0.717, 1.165) is 10.8 Å². The number of ether oxygens (including phenoxy) is 1. The van der Waals surface area contributed by atoms with Crippen LogP contribution in [0.3, 0.4) is 0 Å². The summed E-state index contributed by atoms with van der Waals surface area (Å²) < 4.78 is 5.49. The SMILES string of the molecule is N#Cc1csc(COc2ccccc2)n1. The molecule has 0 unspecified atom stereocenters. The lowest BCUT2D eigenvalue weighted by Crippen LogP contribution is -1.94. The molecule has 0 saturated carbocycles. The fourth-order valence-corrected chi connectivity index (χ4v) is 1.72. The normalized spacial score (nSPS) is 9.53. The zero-order chi connectivity index (χ0) is 10.5. The van der Waals surface area contributed by atoms with E-state index in [4.69, 9.17) is 10.00 Å². The summed E-state index contributed by atoms with van der Waals surface area (Å²) in [4.78, 5) is 4.08. The highest BCUT2D eigenvalue weighted by atomic mass is 32.1. The number of aromatic nitrogens is 1. The van der Waals surface area contributed by atoms with Crippen LogP contribution in [-0.2, 0) is 6.61 Å². The van der Waals surface area contributed by atoms with Gasteiger partial charge in [0.15, 0.2) is 5.69 Å². The van der Waals surface area contributed by atoms with Crippen molar-refractivity contribution < 1.29 is 4.74 Å². The average Bonchev–Trinajstić information content (AvgIpc) is 2.76. The molecule has 0 saturated heterocycles. The van der Waals surface area contributed by atoms with Gasteiger partial charge in [0.2, 0.25) is 0 Å². The number of rotatable bonds is 3. The molecule has 2 aromatic rings. The van der Waals surface area contributed by atoms with Crippen molar-refractivity contribution in [2.45, 2.75) is 6.61 Å². The highest BCUT2D eigenvalue weighted by molar-refractivity contribution is 7.09. The lowest BCUT2D eigenvalue weighted by Gasteiger charge is -2.02. The Balaban J connectivity index is 1.97. The molecule has 0 aliphatic rings. The second kappa shape index (κ2) is 4.58. The number of nitriles is 1. The van der Waals surface area contributed by atoms with Gasteiger partial charge in [-0.3, -0.25) is 0 Å². The molecule has 0 aliphatic heterocycles. The maximum atomic E-state index is 8.59. The molecule has 1 aromatic heterocycles. The first-order valence-electron chi connectivity index (χ1n) is 4.41. The second-order valence-corrected chi connectivity index (χ2v) is 3.78. The molecule has 74 valence electrons. The summed E-state index contributed by atoms with van der Waals surface area (Å²) in [5.74, 6) is 0.811. The van der Waals surface area contributed by atoms with E-state index in [1.54, 1.807) is 5.38 Å². The first-order chi connectivity index (χ1) is 7.38. The fraction of sp³-hybridized carbons (Fsp3) is 0.0909. The second-order valence-electron chi connectivity index (χ2n) is 2.84. The van der Waals surface area contributed by atoms with Gasteiger partial charge >= 0.3 is 0 Å². The Morgan fingerprint density at radius 2 is 2.13 bits per heavy atom. The minimum Gasteiger partial charge on any atom is -0.486 e. The third-order valence-electron chi connectivity index (χ3n) is 1.77. The van der Waals surface area contributed by atoms with Gasteiger partial charge < -0.3 is 4.74 Å². The number of hydrogen-bond donors (Lipinski definition) is 0. The number of benzene rings is 1. The van der Waals surface area contributed by atoms with E-state index in [0.29, 0.717) is 12.3 Å². The van der Waals surface area contributed by atoms with Gasteiger partial charge in [-0.25, -0.2) is 4.98 Å². The smallest absolute Gasteiger partial charge is 0.151 e. The van der Waals surface area contributed by atoms with Crippen molar-refractivity contribution in [1.29, 1.82) is 5.26 Å². The molecular formula is C11H8N2OS. The van der Waals surface area contributed by atoms with Crippen molar-refractivity contribution in [3.05, 3.63) is 46.4 Å². The fourth-order valence-electron chi connectivity index (χ4n) is 1.09. The summed E-state index contributed by atoms with van der Waals surface area (Å²) in [6, 6.07) is 11.5. The topological polar surface area (TPSA) is 45.9 Å². The summed E-state index contributed by atoms with van der Waals surface area (Å²) in [6.45, 7) is 0.413. The number of thiazole rings is 1. The van der Waals surface area contributed by atoms with E-state index in [9.17, 15) is 0 Å². The third kappa shape index (κ3) is 2.55. The molecule has 1 heterocycles. The van der Waals surface area contributed by atoms with Crippen LogP contribution in [0.25, 0.3) is 0 Å². The highest BCUT2D eigenvalue weighted by Crippen LogP contribution is 2.14. The van der Waals surface area contributed by atoms with Gasteiger partial charge in [-0.2, -0.15) is 5.26 Å². The van der Waals surface area contributed by atoms with Gasteiger partial charge in [-0.15, -0.1) is 11.3 Å². The molecule has 0 aliphatic carbocycles. The van der Waals surface area contributed by atoms with Crippen LogP contribution in [-0.4, -0.2) is 4.98 Å². The minimum absolute atomic E-state index is 0.413. The standard InChI is InChI=1S/C11H8N2OS/c12-6-9-8-15-11(13-9)7-14-10-4-2-1-3-5-10/h1-5,8H,7H2. The predicted octanol–water partition coefficient (Wildman–Crippen LogP) is 2.59. The van der Waals surface area contributed by atoms with Crippen molar-refractivity contribution in [2.24, 2.45) is 0 Å². The van der Waals surface area contributed by atoms with Crippen LogP contribution in [0.2, 0.25) is 0 Å². The third-order valence-corrected chi connectivity index (χ3v) is 2.59. The number of nitrogens with zero attached hydrogens (tertiary/aromatic N) is 2. The molecule has 15 heavy (non-hydrogen) atoms. The summed E-state index contributed by atoms with van der Waals surface area (Å²) in [5, 5.41) is 11.1. The summed E-state index contributed by atoms with van der Waals surface area (Å²) in [7, 11) is 0. The molecule has 0 atom stereocenters. The first kappa shape index (κ1) is 9.69. The van der Waals surface area contributed by atoms with Crippen LogP contribution in [0.4, 0.5) is 0 Å². The van der Waals surface area contributed by atoms with Crippen molar-refractivity contribution in [3.8, 4) is 11.8 Å². The molecular weight excluding hydrogens is 208 g/mol. The van der Waals surface area contributed by atoms with E-state index in [1.165, 1.54) is 11.3 Å². The molecule has 2 rings (SSSR count). The molecule has 3 nitrogen and oxygen atoms in total. The molecule has 0 amide bonds. The van der Waals surface area contributed by atoms with Gasteiger partial charge in [0.25, 0.3) is 0 Å². The quantitative estimate of drug-likeness (QED) is 0.792. The zero-order valence-electron chi connectivity index (χ0n) is 7.88. The molecule has 0 spiro atoms. The van der Waals surface area contributed by atoms with Gasteiger partial charge in [-0.1, -0.05) is 18.2 Å². The van der Waals surface area contributed by atoms with Crippen LogP contribution in [0.15, 0.2) is 35.7 Å². The molecule has 0 radical (unpaired) electrons. The Hall–Kier alpha value is -1.86. The summed E-state index contributed by atoms with van der Waals surface area (Å²) >= 11 is 1.43. The van der Waals surface area contributed by atoms with E-state index >= 15 is 0 Å². The van der Waals surface area contributed by atoms with Gasteiger partial charge in [0.05, 0.1) is 0 Å². The van der Waals surface area contributed by atoms with Crippen molar-refractivity contribution in [3.63, 3.8) is 0 Å². The van der Waals surface area contributed by atoms with Crippen LogP contribution in [0, 0.1) is 11.3 Å². The molecule has 0 fully saturated rings. The Bertz CT molecular complexity index is 473. The van der Waals surface area contributed by atoms with Crippen molar-refractivity contribution >= 4 is 11.3 Å². The van der Waals surface area contributed by atoms with E-state index < -0.39 is 0 Å². The molecule has 4 heteroatoms. The average molecular weight is 216 g/mol. The molecule has 0 N–H and O–H groups in total. The number of hydrogen-bond acceptors (Lipinski definition) is 4. The molecule has 0 bridgehead atoms. The van der Waals surface area contributed by atoms with Crippen molar-refractivity contribution in [2.75, 3.05) is 0 Å². The Kier molecular flexibility index (Phi) is 2.96. The maximum Gasteiger partial charge on any atom is 0.151 e. The van der Waals surface area contributed by atoms with E-state index in [1.807, 2.05) is 36.4 Å². The summed E-state index contributed by atoms with van der Waals surface area (Å²) in [6.07, 6.45) is 0. The highest BCUT2D eigenvalue weighted by Gasteiger charge is 2.01. The first-order valence-corrected chi connectivity index (χ1v) is 5.29. The van der Waals surface area contributed by atoms with Crippen LogP contribution in [0.1, 0.15) is 10.7 Å². The predicted molar refractivity (Wildman–Crippen MR) is 57.6 cm³/mol. The lowest BCUT2D eigenvalue weighted by molar-refractivity contribution is 0.305. The van der Waals surface area contributed by atoms with Crippen LogP contribution >= 0.6 is 11.3 Å². The Morgan fingerprint density at radius 1 is 1.33 bits per heavy atom.